The van der Waals surface area contributed by atoms with E-state index >= 15 is 0 Å². The van der Waals surface area contributed by atoms with E-state index in [9.17, 15) is 23.5 Å². The first-order valence-electron chi connectivity index (χ1n) is 14.4. The highest BCUT2D eigenvalue weighted by molar-refractivity contribution is 6.09. The van der Waals surface area contributed by atoms with Crippen LogP contribution in [0.1, 0.15) is 53.9 Å². The third-order valence-electron chi connectivity index (χ3n) is 7.99. The molecular formula is C31H35F2N5O5. The van der Waals surface area contributed by atoms with Gasteiger partial charge in [-0.15, -0.1) is 0 Å². The van der Waals surface area contributed by atoms with Crippen LogP contribution in [-0.4, -0.2) is 71.7 Å². The third-order valence-corrected chi connectivity index (χ3v) is 7.99. The first-order valence-corrected chi connectivity index (χ1v) is 14.4. The average molecular weight is 596 g/mol. The molecule has 1 atom stereocenters. The molecule has 1 aliphatic carbocycles. The number of methoxy groups -OCH3 is 1. The summed E-state index contributed by atoms with van der Waals surface area (Å²) in [6.45, 7) is 0.859. The zero-order chi connectivity index (χ0) is 30.3. The largest absolute Gasteiger partial charge is 0.497 e. The first kappa shape index (κ1) is 30.1. The molecule has 5 rings (SSSR count). The van der Waals surface area contributed by atoms with Crippen LogP contribution in [0.2, 0.25) is 0 Å². The molecule has 0 spiro atoms. The second-order valence-electron chi connectivity index (χ2n) is 10.9. The molecule has 1 unspecified atom stereocenters. The number of hydrogen-bond acceptors (Lipinski definition) is 8. The number of carbonyl (C=O) groups is 2. The van der Waals surface area contributed by atoms with Gasteiger partial charge >= 0.3 is 5.97 Å². The molecule has 12 heteroatoms. The zero-order valence-electron chi connectivity index (χ0n) is 23.9. The van der Waals surface area contributed by atoms with Gasteiger partial charge in [0, 0.05) is 43.8 Å². The van der Waals surface area contributed by atoms with Crippen LogP contribution >= 0.6 is 0 Å². The van der Waals surface area contributed by atoms with Crippen LogP contribution in [0.15, 0.2) is 55.0 Å². The molecule has 1 saturated heterocycles. The number of carboxylic acids is 1. The summed E-state index contributed by atoms with van der Waals surface area (Å²) >= 11 is 0. The first-order chi connectivity index (χ1) is 20.8. The van der Waals surface area contributed by atoms with E-state index < -0.39 is 24.8 Å². The monoisotopic (exact) mass is 595 g/mol. The lowest BCUT2D eigenvalue weighted by molar-refractivity contribution is -0.137. The molecule has 228 valence electrons. The molecule has 2 aliphatic rings. The Labute approximate surface area is 248 Å². The fraction of sp³-hybridized carbons (Fsp3) is 0.452. The molecule has 1 aromatic carbocycles. The number of amides is 1. The molecule has 3 heterocycles. The van der Waals surface area contributed by atoms with Crippen molar-refractivity contribution in [2.45, 2.75) is 44.4 Å². The van der Waals surface area contributed by atoms with Gasteiger partial charge < -0.3 is 19.5 Å². The van der Waals surface area contributed by atoms with E-state index in [1.165, 1.54) is 19.5 Å². The Balaban J connectivity index is 1.25. The van der Waals surface area contributed by atoms with Gasteiger partial charge in [0.1, 0.15) is 5.75 Å². The maximum Gasteiger partial charge on any atom is 0.303 e. The van der Waals surface area contributed by atoms with Gasteiger partial charge in [0.25, 0.3) is 12.3 Å². The highest BCUT2D eigenvalue weighted by atomic mass is 19.3. The average Bonchev–Trinajstić information content (AvgIpc) is 3.87. The number of rotatable bonds is 13. The second kappa shape index (κ2) is 13.7. The summed E-state index contributed by atoms with van der Waals surface area (Å²) in [5, 5.41) is 9.34. The third kappa shape index (κ3) is 7.74. The number of carboxylic acid groups (broad SMARTS) is 1. The normalized spacial score (nSPS) is 16.1. The van der Waals surface area contributed by atoms with E-state index in [2.05, 4.69) is 19.9 Å². The molecule has 1 aliphatic heterocycles. The summed E-state index contributed by atoms with van der Waals surface area (Å²) in [6, 6.07) is 10.3. The molecule has 1 amide bonds. The minimum atomic E-state index is -2.77. The summed E-state index contributed by atoms with van der Waals surface area (Å²) < 4.78 is 38.4. The van der Waals surface area contributed by atoms with Gasteiger partial charge in [0.05, 0.1) is 37.9 Å². The molecule has 0 bridgehead atoms. The second-order valence-corrected chi connectivity index (χ2v) is 10.9. The lowest BCUT2D eigenvalue weighted by atomic mass is 9.92. The van der Waals surface area contributed by atoms with E-state index in [0.717, 1.165) is 36.1 Å². The minimum Gasteiger partial charge on any atom is -0.497 e. The number of pyridine rings is 1. The van der Waals surface area contributed by atoms with Gasteiger partial charge in [-0.05, 0) is 73.3 Å². The van der Waals surface area contributed by atoms with E-state index in [0.29, 0.717) is 42.9 Å². The summed E-state index contributed by atoms with van der Waals surface area (Å²) in [5.74, 6) is 0.118. The quantitative estimate of drug-likeness (QED) is 0.289. The molecule has 1 N–H and O–H groups in total. The van der Waals surface area contributed by atoms with Crippen molar-refractivity contribution in [2.24, 2.45) is 11.8 Å². The van der Waals surface area contributed by atoms with Crippen molar-refractivity contribution in [3.05, 3.63) is 66.1 Å². The van der Waals surface area contributed by atoms with E-state index in [1.54, 1.807) is 30.5 Å². The predicted octanol–water partition coefficient (Wildman–Crippen LogP) is 5.06. The highest BCUT2D eigenvalue weighted by Crippen LogP contribution is 2.45. The maximum atomic E-state index is 13.6. The smallest absolute Gasteiger partial charge is 0.303 e. The lowest BCUT2D eigenvalue weighted by Crippen LogP contribution is -2.39. The number of anilines is 2. The molecule has 1 saturated carbocycles. The lowest BCUT2D eigenvalue weighted by Gasteiger charge is -2.35. The number of halogens is 2. The van der Waals surface area contributed by atoms with Crippen molar-refractivity contribution in [1.29, 1.82) is 0 Å². The predicted molar refractivity (Wildman–Crippen MR) is 155 cm³/mol. The molecule has 2 fully saturated rings. The number of aliphatic carboxylic acids is 1. The fourth-order valence-electron chi connectivity index (χ4n) is 5.57. The molecule has 2 aromatic heterocycles. The van der Waals surface area contributed by atoms with Gasteiger partial charge in [0.2, 0.25) is 11.8 Å². The van der Waals surface area contributed by atoms with Crippen LogP contribution in [0.4, 0.5) is 20.4 Å². The van der Waals surface area contributed by atoms with Gasteiger partial charge in [0.15, 0.2) is 0 Å². The number of aromatic nitrogens is 3. The maximum absolute atomic E-state index is 13.6. The minimum absolute atomic E-state index is 0.0315. The molecule has 43 heavy (non-hydrogen) atoms. The summed E-state index contributed by atoms with van der Waals surface area (Å²) in [6.07, 6.45) is 5.44. The molecule has 0 radical (unpaired) electrons. The van der Waals surface area contributed by atoms with Crippen LogP contribution < -0.4 is 19.3 Å². The molecule has 10 nitrogen and oxygen atoms in total. The Morgan fingerprint density at radius 1 is 1.05 bits per heavy atom. The van der Waals surface area contributed by atoms with Crippen molar-refractivity contribution in [3.8, 4) is 11.6 Å². The molecule has 3 aromatic rings. The van der Waals surface area contributed by atoms with Gasteiger partial charge in [-0.25, -0.2) is 23.7 Å². The highest BCUT2D eigenvalue weighted by Gasteiger charge is 2.34. The van der Waals surface area contributed by atoms with E-state index in [-0.39, 0.29) is 29.8 Å². The summed E-state index contributed by atoms with van der Waals surface area (Å²) in [7, 11) is 1.53. The van der Waals surface area contributed by atoms with E-state index in [1.807, 2.05) is 12.1 Å². The van der Waals surface area contributed by atoms with Crippen molar-refractivity contribution in [1.82, 2.24) is 15.0 Å². The Morgan fingerprint density at radius 3 is 2.44 bits per heavy atom. The Kier molecular flexibility index (Phi) is 9.63. The number of alkyl halides is 2. The van der Waals surface area contributed by atoms with Crippen LogP contribution in [-0.2, 0) is 4.79 Å². The Hall–Kier alpha value is -4.35. The van der Waals surface area contributed by atoms with Gasteiger partial charge in [-0.1, -0.05) is 0 Å². The number of hydrogen-bond donors (Lipinski definition) is 1. The fourth-order valence-corrected chi connectivity index (χ4v) is 5.57. The SMILES string of the molecule is COc1ccc(C(=O)N(CC(F)F)c2ncccn2)c(N2CCC(COc3cc(C(CC(=O)O)C4CC4)ccn3)CC2)c1. The standard InChI is InChI=1S/C31H35F2N5O5/c1-42-23-5-6-24(30(41)38(18-27(32)33)31-35-10-2-11-36-31)26(16-23)37-13-8-20(9-14-37)19-43-28-15-22(7-12-34-28)25(17-29(39)40)21-3-4-21/h2,5-7,10-12,15-16,20-21,25,27H,3-4,8-9,13-14,17-19H2,1H3,(H,39,40). The van der Waals surface area contributed by atoms with Crippen molar-refractivity contribution in [2.75, 3.05) is 43.2 Å². The summed E-state index contributed by atoms with van der Waals surface area (Å²) in [4.78, 5) is 40.4. The summed E-state index contributed by atoms with van der Waals surface area (Å²) in [5.41, 5.74) is 1.80. The topological polar surface area (TPSA) is 118 Å². The number of carbonyl (C=O) groups excluding carboxylic acids is 1. The number of ether oxygens (including phenoxy) is 2. The van der Waals surface area contributed by atoms with Crippen LogP contribution in [0.3, 0.4) is 0 Å². The van der Waals surface area contributed by atoms with Crippen molar-refractivity contribution in [3.63, 3.8) is 0 Å². The van der Waals surface area contributed by atoms with E-state index in [4.69, 9.17) is 9.47 Å². The van der Waals surface area contributed by atoms with Gasteiger partial charge in [-0.3, -0.25) is 14.5 Å². The molecular weight excluding hydrogens is 560 g/mol. The Morgan fingerprint density at radius 2 is 1.79 bits per heavy atom. The van der Waals surface area contributed by atoms with Crippen molar-refractivity contribution >= 4 is 23.5 Å². The van der Waals surface area contributed by atoms with Crippen molar-refractivity contribution < 1.29 is 33.0 Å². The number of nitrogens with zero attached hydrogens (tertiary/aromatic N) is 5. The number of benzene rings is 1. The van der Waals surface area contributed by atoms with Crippen LogP contribution in [0, 0.1) is 11.8 Å². The zero-order valence-corrected chi connectivity index (χ0v) is 23.9. The van der Waals surface area contributed by atoms with Gasteiger partial charge in [-0.2, -0.15) is 0 Å². The van der Waals surface area contributed by atoms with Crippen LogP contribution in [0.25, 0.3) is 0 Å². The number of piperidine rings is 1. The van der Waals surface area contributed by atoms with Crippen LogP contribution in [0.5, 0.6) is 11.6 Å². The Bertz CT molecular complexity index is 1400.